The molecule has 0 spiro atoms. The molecule has 0 bridgehead atoms. The fraction of sp³-hybridized carbons (Fsp3) is 0.176. The molecule has 0 unspecified atom stereocenters. The number of hydrogen-bond acceptors (Lipinski definition) is 4. The Kier molecular flexibility index (Phi) is 6.60. The van der Waals surface area contributed by atoms with Crippen LogP contribution in [0.1, 0.15) is 0 Å². The summed E-state index contributed by atoms with van der Waals surface area (Å²) in [6, 6.07) is 16.5. The quantitative estimate of drug-likeness (QED) is 0.669. The summed E-state index contributed by atoms with van der Waals surface area (Å²) < 4.78 is 0. The van der Waals surface area contributed by atoms with Crippen LogP contribution in [-0.2, 0) is 9.59 Å². The van der Waals surface area contributed by atoms with E-state index in [4.69, 9.17) is 0 Å². The van der Waals surface area contributed by atoms with E-state index >= 15 is 0 Å². The number of nitrogens with zero attached hydrogens (tertiary/aromatic N) is 2. The van der Waals surface area contributed by atoms with E-state index in [-0.39, 0.29) is 24.9 Å². The van der Waals surface area contributed by atoms with Gasteiger partial charge in [-0.15, -0.1) is 0 Å². The van der Waals surface area contributed by atoms with Gasteiger partial charge in [-0.2, -0.15) is 10.2 Å². The van der Waals surface area contributed by atoms with Crippen LogP contribution in [0, 0.1) is 0 Å². The third-order valence-electron chi connectivity index (χ3n) is 3.13. The molecule has 0 aliphatic carbocycles. The molecular formula is C17H20N5O2+. The van der Waals surface area contributed by atoms with Gasteiger partial charge in [-0.3, -0.25) is 9.59 Å². The first-order valence-corrected chi connectivity index (χ1v) is 7.56. The van der Waals surface area contributed by atoms with Crippen LogP contribution in [0.15, 0.2) is 64.8 Å². The first-order valence-electron chi connectivity index (χ1n) is 7.56. The van der Waals surface area contributed by atoms with Crippen LogP contribution in [0.3, 0.4) is 0 Å². The van der Waals surface area contributed by atoms with Crippen molar-refractivity contribution in [2.75, 3.05) is 25.5 Å². The molecule has 0 aromatic heterocycles. The molecular weight excluding hydrogens is 306 g/mol. The number of anilines is 1. The predicted octanol–water partition coefficient (Wildman–Crippen LogP) is 1.35. The minimum absolute atomic E-state index is 0.115. The van der Waals surface area contributed by atoms with Gasteiger partial charge in [0.25, 0.3) is 11.8 Å². The van der Waals surface area contributed by atoms with E-state index in [0.717, 1.165) is 5.69 Å². The summed E-state index contributed by atoms with van der Waals surface area (Å²) in [6.07, 6.45) is 0. The number of carbonyl (C=O) groups excluding carboxylic acids is 2. The highest BCUT2D eigenvalue weighted by atomic mass is 16.2. The third-order valence-corrected chi connectivity index (χ3v) is 3.13. The van der Waals surface area contributed by atoms with Gasteiger partial charge in [0.15, 0.2) is 13.1 Å². The number of carbonyl (C=O) groups is 2. The normalized spacial score (nSPS) is 10.5. The number of nitrogens with one attached hydrogen (secondary N) is 2. The summed E-state index contributed by atoms with van der Waals surface area (Å²) in [7, 11) is 1.56. The lowest BCUT2D eigenvalue weighted by atomic mass is 10.3. The molecule has 2 amide bonds. The van der Waals surface area contributed by atoms with Crippen molar-refractivity contribution in [2.45, 2.75) is 0 Å². The van der Waals surface area contributed by atoms with E-state index in [1.54, 1.807) is 36.6 Å². The number of quaternary nitrogens is 1. The van der Waals surface area contributed by atoms with E-state index in [1.807, 2.05) is 30.3 Å². The Labute approximate surface area is 140 Å². The van der Waals surface area contributed by atoms with Crippen LogP contribution >= 0.6 is 0 Å². The standard InChI is InChI=1S/C17H19N5O2/c1-18-16(23)11-19-12-17(24)20-13-7-9-15(10-8-13)22-21-14-5-3-2-4-6-14/h2-10,19H,11-12H2,1H3,(H,18,23)(H,20,24)/p+1. The van der Waals surface area contributed by atoms with Crippen molar-refractivity contribution in [1.82, 2.24) is 5.32 Å². The van der Waals surface area contributed by atoms with Gasteiger partial charge < -0.3 is 16.0 Å². The average molecular weight is 326 g/mol. The second-order valence-corrected chi connectivity index (χ2v) is 5.00. The number of azo groups is 1. The zero-order valence-electron chi connectivity index (χ0n) is 13.4. The maximum absolute atomic E-state index is 11.8. The highest BCUT2D eigenvalue weighted by Gasteiger charge is 2.06. The van der Waals surface area contributed by atoms with E-state index in [9.17, 15) is 9.59 Å². The molecule has 0 fully saturated rings. The van der Waals surface area contributed by atoms with Gasteiger partial charge in [0.1, 0.15) is 0 Å². The predicted molar refractivity (Wildman–Crippen MR) is 91.4 cm³/mol. The molecule has 0 atom stereocenters. The smallest absolute Gasteiger partial charge is 0.279 e. The molecule has 0 radical (unpaired) electrons. The highest BCUT2D eigenvalue weighted by Crippen LogP contribution is 2.19. The van der Waals surface area contributed by atoms with Gasteiger partial charge in [0.05, 0.1) is 11.4 Å². The van der Waals surface area contributed by atoms with Gasteiger partial charge in [-0.05, 0) is 36.4 Å². The van der Waals surface area contributed by atoms with Crippen molar-refractivity contribution in [1.29, 1.82) is 0 Å². The summed E-state index contributed by atoms with van der Waals surface area (Å²) in [6.45, 7) is 0.408. The van der Waals surface area contributed by atoms with Crippen LogP contribution in [0.5, 0.6) is 0 Å². The Hall–Kier alpha value is -3.06. The topological polar surface area (TPSA) is 99.5 Å². The Morgan fingerprint density at radius 3 is 2.08 bits per heavy atom. The molecule has 124 valence electrons. The fourth-order valence-corrected chi connectivity index (χ4v) is 1.87. The summed E-state index contributed by atoms with van der Waals surface area (Å²) in [4.78, 5) is 22.8. The maximum atomic E-state index is 11.8. The fourth-order valence-electron chi connectivity index (χ4n) is 1.87. The number of benzene rings is 2. The summed E-state index contributed by atoms with van der Waals surface area (Å²) in [5, 5.41) is 15.2. The van der Waals surface area contributed by atoms with Crippen LogP contribution in [0.25, 0.3) is 0 Å². The summed E-state index contributed by atoms with van der Waals surface area (Å²) in [5.41, 5.74) is 2.15. The van der Waals surface area contributed by atoms with Gasteiger partial charge in [0, 0.05) is 12.7 Å². The first-order chi connectivity index (χ1) is 11.7. The van der Waals surface area contributed by atoms with E-state index in [1.165, 1.54) is 0 Å². The Morgan fingerprint density at radius 2 is 1.46 bits per heavy atom. The Morgan fingerprint density at radius 1 is 0.875 bits per heavy atom. The van der Waals surface area contributed by atoms with Crippen LogP contribution < -0.4 is 16.0 Å². The molecule has 0 saturated carbocycles. The lowest BCUT2D eigenvalue weighted by Gasteiger charge is -2.04. The minimum Gasteiger partial charge on any atom is -0.354 e. The molecule has 24 heavy (non-hydrogen) atoms. The van der Waals surface area contributed by atoms with Gasteiger partial charge >= 0.3 is 0 Å². The largest absolute Gasteiger partial charge is 0.354 e. The summed E-state index contributed by atoms with van der Waals surface area (Å²) >= 11 is 0. The SMILES string of the molecule is CNC(=O)C[NH2+]CC(=O)Nc1ccc(N=Nc2ccccc2)cc1. The minimum atomic E-state index is -0.169. The molecule has 7 heteroatoms. The second-order valence-electron chi connectivity index (χ2n) is 5.00. The molecule has 0 aliphatic rings. The van der Waals surface area contributed by atoms with Crippen molar-refractivity contribution >= 4 is 28.9 Å². The van der Waals surface area contributed by atoms with Gasteiger partial charge in [-0.25, -0.2) is 0 Å². The van der Waals surface area contributed by atoms with Crippen molar-refractivity contribution in [3.05, 3.63) is 54.6 Å². The van der Waals surface area contributed by atoms with Crippen molar-refractivity contribution in [3.63, 3.8) is 0 Å². The van der Waals surface area contributed by atoms with Crippen LogP contribution in [0.2, 0.25) is 0 Å². The van der Waals surface area contributed by atoms with Crippen molar-refractivity contribution in [3.8, 4) is 0 Å². The van der Waals surface area contributed by atoms with Gasteiger partial charge in [-0.1, -0.05) is 18.2 Å². The Bertz CT molecular complexity index is 699. The molecule has 0 heterocycles. The number of amides is 2. The monoisotopic (exact) mass is 326 g/mol. The maximum Gasteiger partial charge on any atom is 0.279 e. The molecule has 7 nitrogen and oxygen atoms in total. The lowest BCUT2D eigenvalue weighted by molar-refractivity contribution is -0.632. The third kappa shape index (κ3) is 5.98. The van der Waals surface area contributed by atoms with Crippen molar-refractivity contribution in [2.24, 2.45) is 10.2 Å². The van der Waals surface area contributed by atoms with Crippen LogP contribution in [-0.4, -0.2) is 32.0 Å². The van der Waals surface area contributed by atoms with Gasteiger partial charge in [0.2, 0.25) is 0 Å². The molecule has 2 aromatic rings. The second kappa shape index (κ2) is 9.16. The molecule has 0 saturated heterocycles. The zero-order chi connectivity index (χ0) is 17.2. The summed E-state index contributed by atoms with van der Waals surface area (Å²) in [5.74, 6) is -0.284. The van der Waals surface area contributed by atoms with Crippen LogP contribution in [0.4, 0.5) is 17.1 Å². The van der Waals surface area contributed by atoms with E-state index in [2.05, 4.69) is 20.9 Å². The number of rotatable bonds is 7. The zero-order valence-corrected chi connectivity index (χ0v) is 13.4. The lowest BCUT2D eigenvalue weighted by Crippen LogP contribution is -2.88. The number of nitrogens with two attached hydrogens (primary N) is 1. The molecule has 2 aromatic carbocycles. The number of likely N-dealkylation sites (N-methyl/N-ethyl adjacent to an activating group) is 1. The molecule has 2 rings (SSSR count). The number of hydrogen-bond donors (Lipinski definition) is 3. The van der Waals surface area contributed by atoms with E-state index in [0.29, 0.717) is 11.4 Å². The van der Waals surface area contributed by atoms with Crippen molar-refractivity contribution < 1.29 is 14.9 Å². The average Bonchev–Trinajstić information content (AvgIpc) is 2.62. The van der Waals surface area contributed by atoms with E-state index < -0.39 is 0 Å². The Balaban J connectivity index is 1.82. The first kappa shape index (κ1) is 17.3. The molecule has 0 aliphatic heterocycles. The highest BCUT2D eigenvalue weighted by molar-refractivity contribution is 5.91. The molecule has 4 N–H and O–H groups in total.